The molecule has 110 valence electrons. The van der Waals surface area contributed by atoms with Gasteiger partial charge in [0.05, 0.1) is 23.7 Å². The zero-order chi connectivity index (χ0) is 15.4. The number of hydrogen-bond donors (Lipinski definition) is 0. The SMILES string of the molecule is CCCCn1c(CC#N)nc2c(-c3ccccc3)nccc21. The first kappa shape index (κ1) is 14.3. The van der Waals surface area contributed by atoms with Crippen molar-refractivity contribution in [3.05, 3.63) is 48.4 Å². The Kier molecular flexibility index (Phi) is 4.15. The molecule has 1 aromatic carbocycles. The molecule has 2 heterocycles. The van der Waals surface area contributed by atoms with Crippen LogP contribution in [-0.2, 0) is 13.0 Å². The minimum Gasteiger partial charge on any atom is -0.327 e. The summed E-state index contributed by atoms with van der Waals surface area (Å²) in [6, 6.07) is 14.3. The third kappa shape index (κ3) is 2.58. The van der Waals surface area contributed by atoms with Crippen LogP contribution < -0.4 is 0 Å². The van der Waals surface area contributed by atoms with Gasteiger partial charge in [-0.15, -0.1) is 0 Å². The molecule has 0 unspecified atom stereocenters. The van der Waals surface area contributed by atoms with E-state index in [1.165, 1.54) is 0 Å². The van der Waals surface area contributed by atoms with Crippen LogP contribution in [0.4, 0.5) is 0 Å². The molecular weight excluding hydrogens is 272 g/mol. The Labute approximate surface area is 130 Å². The van der Waals surface area contributed by atoms with Gasteiger partial charge in [0.25, 0.3) is 0 Å². The van der Waals surface area contributed by atoms with E-state index in [1.807, 2.05) is 42.6 Å². The first-order valence-electron chi connectivity index (χ1n) is 7.61. The lowest BCUT2D eigenvalue weighted by Gasteiger charge is -2.06. The minimum absolute atomic E-state index is 0.326. The van der Waals surface area contributed by atoms with Crippen molar-refractivity contribution in [3.8, 4) is 17.3 Å². The Balaban J connectivity index is 2.19. The number of pyridine rings is 1. The third-order valence-electron chi connectivity index (χ3n) is 3.77. The molecule has 0 amide bonds. The van der Waals surface area contributed by atoms with Crippen LogP contribution in [-0.4, -0.2) is 14.5 Å². The molecule has 0 saturated heterocycles. The largest absolute Gasteiger partial charge is 0.327 e. The molecule has 0 bridgehead atoms. The molecule has 0 atom stereocenters. The molecule has 2 aromatic heterocycles. The normalized spacial score (nSPS) is 10.7. The Morgan fingerprint density at radius 1 is 1.18 bits per heavy atom. The number of rotatable bonds is 5. The lowest BCUT2D eigenvalue weighted by Crippen LogP contribution is -2.03. The van der Waals surface area contributed by atoms with Gasteiger partial charge in [-0.25, -0.2) is 4.98 Å². The Bertz CT molecular complexity index is 812. The van der Waals surface area contributed by atoms with Gasteiger partial charge < -0.3 is 4.57 Å². The van der Waals surface area contributed by atoms with E-state index < -0.39 is 0 Å². The number of aryl methyl sites for hydroxylation is 1. The fraction of sp³-hybridized carbons (Fsp3) is 0.278. The highest BCUT2D eigenvalue weighted by Crippen LogP contribution is 2.27. The van der Waals surface area contributed by atoms with Gasteiger partial charge in [-0.2, -0.15) is 5.26 Å². The van der Waals surface area contributed by atoms with E-state index in [9.17, 15) is 0 Å². The van der Waals surface area contributed by atoms with Gasteiger partial charge in [0.1, 0.15) is 11.3 Å². The van der Waals surface area contributed by atoms with Crippen molar-refractivity contribution >= 4 is 11.0 Å². The van der Waals surface area contributed by atoms with E-state index in [-0.39, 0.29) is 0 Å². The number of unbranched alkanes of at least 4 members (excludes halogenated alkanes) is 1. The Morgan fingerprint density at radius 3 is 2.73 bits per heavy atom. The van der Waals surface area contributed by atoms with Gasteiger partial charge in [0, 0.05) is 18.3 Å². The van der Waals surface area contributed by atoms with Gasteiger partial charge in [-0.1, -0.05) is 43.7 Å². The average molecular weight is 290 g/mol. The standard InChI is InChI=1S/C18H18N4/c1-2-3-13-22-15-10-12-20-17(14-7-5-4-6-8-14)18(15)21-16(22)9-11-19/h4-8,10,12H,2-3,9,13H2,1H3. The average Bonchev–Trinajstić information content (AvgIpc) is 2.91. The Morgan fingerprint density at radius 2 is 2.00 bits per heavy atom. The summed E-state index contributed by atoms with van der Waals surface area (Å²) in [7, 11) is 0. The number of nitriles is 1. The maximum absolute atomic E-state index is 9.06. The summed E-state index contributed by atoms with van der Waals surface area (Å²) < 4.78 is 2.16. The van der Waals surface area contributed by atoms with Gasteiger partial charge in [-0.3, -0.25) is 4.98 Å². The van der Waals surface area contributed by atoms with E-state index in [2.05, 4.69) is 22.5 Å². The lowest BCUT2D eigenvalue weighted by atomic mass is 10.1. The molecule has 22 heavy (non-hydrogen) atoms. The predicted molar refractivity (Wildman–Crippen MR) is 87.2 cm³/mol. The second kappa shape index (κ2) is 6.40. The van der Waals surface area contributed by atoms with Crippen LogP contribution in [0.5, 0.6) is 0 Å². The van der Waals surface area contributed by atoms with Crippen molar-refractivity contribution in [1.82, 2.24) is 14.5 Å². The quantitative estimate of drug-likeness (QED) is 0.714. The topological polar surface area (TPSA) is 54.5 Å². The fourth-order valence-corrected chi connectivity index (χ4v) is 2.68. The molecule has 4 heteroatoms. The maximum atomic E-state index is 9.06. The third-order valence-corrected chi connectivity index (χ3v) is 3.77. The molecule has 0 aliphatic carbocycles. The summed E-state index contributed by atoms with van der Waals surface area (Å²) in [4.78, 5) is 9.22. The zero-order valence-corrected chi connectivity index (χ0v) is 12.7. The zero-order valence-electron chi connectivity index (χ0n) is 12.7. The molecule has 0 fully saturated rings. The summed E-state index contributed by atoms with van der Waals surface area (Å²) >= 11 is 0. The second-order valence-corrected chi connectivity index (χ2v) is 5.26. The highest BCUT2D eigenvalue weighted by molar-refractivity contribution is 5.89. The van der Waals surface area contributed by atoms with Crippen molar-refractivity contribution in [1.29, 1.82) is 5.26 Å². The van der Waals surface area contributed by atoms with E-state index in [4.69, 9.17) is 10.2 Å². The fourth-order valence-electron chi connectivity index (χ4n) is 2.68. The molecule has 0 spiro atoms. The van der Waals surface area contributed by atoms with Crippen LogP contribution in [0.1, 0.15) is 25.6 Å². The molecule has 0 aliphatic heterocycles. The highest BCUT2D eigenvalue weighted by atomic mass is 15.1. The van der Waals surface area contributed by atoms with E-state index >= 15 is 0 Å². The van der Waals surface area contributed by atoms with Gasteiger partial charge in [-0.05, 0) is 12.5 Å². The van der Waals surface area contributed by atoms with Gasteiger partial charge >= 0.3 is 0 Å². The predicted octanol–water partition coefficient (Wildman–Crippen LogP) is 3.96. The summed E-state index contributed by atoms with van der Waals surface area (Å²) in [6.07, 6.45) is 4.34. The van der Waals surface area contributed by atoms with Crippen LogP contribution in [0.2, 0.25) is 0 Å². The van der Waals surface area contributed by atoms with Gasteiger partial charge in [0.2, 0.25) is 0 Å². The number of imidazole rings is 1. The molecule has 3 rings (SSSR count). The monoisotopic (exact) mass is 290 g/mol. The van der Waals surface area contributed by atoms with Crippen molar-refractivity contribution in [2.24, 2.45) is 0 Å². The molecule has 4 nitrogen and oxygen atoms in total. The van der Waals surface area contributed by atoms with E-state index in [1.54, 1.807) is 0 Å². The van der Waals surface area contributed by atoms with Crippen LogP contribution >= 0.6 is 0 Å². The lowest BCUT2D eigenvalue weighted by molar-refractivity contribution is 0.625. The van der Waals surface area contributed by atoms with Crippen molar-refractivity contribution in [2.45, 2.75) is 32.7 Å². The van der Waals surface area contributed by atoms with Crippen molar-refractivity contribution < 1.29 is 0 Å². The number of hydrogen-bond acceptors (Lipinski definition) is 3. The number of aromatic nitrogens is 3. The molecule has 0 N–H and O–H groups in total. The van der Waals surface area contributed by atoms with Crippen LogP contribution in [0.25, 0.3) is 22.3 Å². The minimum atomic E-state index is 0.326. The highest BCUT2D eigenvalue weighted by Gasteiger charge is 2.14. The Hall–Kier alpha value is -2.67. The number of nitrogens with zero attached hydrogens (tertiary/aromatic N) is 4. The molecule has 0 radical (unpaired) electrons. The van der Waals surface area contributed by atoms with Crippen molar-refractivity contribution in [3.63, 3.8) is 0 Å². The summed E-state index contributed by atoms with van der Waals surface area (Å²) in [6.45, 7) is 3.06. The summed E-state index contributed by atoms with van der Waals surface area (Å²) in [5.74, 6) is 0.830. The maximum Gasteiger partial charge on any atom is 0.124 e. The smallest absolute Gasteiger partial charge is 0.124 e. The molecule has 0 saturated carbocycles. The molecule has 3 aromatic rings. The van der Waals surface area contributed by atoms with Gasteiger partial charge in [0.15, 0.2) is 0 Å². The molecule has 0 aliphatic rings. The number of benzene rings is 1. The first-order chi connectivity index (χ1) is 10.8. The van der Waals surface area contributed by atoms with E-state index in [0.29, 0.717) is 6.42 Å². The van der Waals surface area contributed by atoms with Crippen LogP contribution in [0, 0.1) is 11.3 Å². The summed E-state index contributed by atoms with van der Waals surface area (Å²) in [5.41, 5.74) is 3.88. The number of fused-ring (bicyclic) bond motifs is 1. The van der Waals surface area contributed by atoms with E-state index in [0.717, 1.165) is 47.5 Å². The van der Waals surface area contributed by atoms with Crippen LogP contribution in [0.3, 0.4) is 0 Å². The molecular formula is C18H18N4. The van der Waals surface area contributed by atoms with Crippen molar-refractivity contribution in [2.75, 3.05) is 0 Å². The summed E-state index contributed by atoms with van der Waals surface area (Å²) in [5, 5.41) is 9.06. The second-order valence-electron chi connectivity index (χ2n) is 5.26. The van der Waals surface area contributed by atoms with Crippen LogP contribution in [0.15, 0.2) is 42.6 Å². The first-order valence-corrected chi connectivity index (χ1v) is 7.61.